The average Bonchev–Trinajstić information content (AvgIpc) is 2.42. The van der Waals surface area contributed by atoms with Crippen molar-refractivity contribution in [3.8, 4) is 11.8 Å². The average molecular weight is 276 g/mol. The summed E-state index contributed by atoms with van der Waals surface area (Å²) in [6, 6.07) is 9.51. The van der Waals surface area contributed by atoms with E-state index in [1.165, 1.54) is 18.3 Å². The number of hydrogen-bond acceptors (Lipinski definition) is 5. The molecular formula is C13H10F2N4O. The van der Waals surface area contributed by atoms with E-state index in [9.17, 15) is 8.78 Å². The molecule has 7 heteroatoms. The van der Waals surface area contributed by atoms with Gasteiger partial charge in [-0.3, -0.25) is 0 Å². The first-order chi connectivity index (χ1) is 9.60. The molecule has 1 heterocycles. The van der Waals surface area contributed by atoms with Crippen molar-refractivity contribution >= 4 is 17.2 Å². The Morgan fingerprint density at radius 2 is 2.10 bits per heavy atom. The van der Waals surface area contributed by atoms with Crippen LogP contribution in [0.2, 0.25) is 0 Å². The third-order valence-corrected chi connectivity index (χ3v) is 2.40. The molecule has 0 amide bonds. The van der Waals surface area contributed by atoms with E-state index in [4.69, 9.17) is 11.0 Å². The van der Waals surface area contributed by atoms with Gasteiger partial charge >= 0.3 is 6.61 Å². The van der Waals surface area contributed by atoms with Crippen molar-refractivity contribution in [1.29, 1.82) is 5.26 Å². The van der Waals surface area contributed by atoms with E-state index in [1.54, 1.807) is 18.2 Å². The molecule has 20 heavy (non-hydrogen) atoms. The predicted octanol–water partition coefficient (Wildman–Crippen LogP) is 2.88. The summed E-state index contributed by atoms with van der Waals surface area (Å²) < 4.78 is 29.0. The Morgan fingerprint density at radius 1 is 1.35 bits per heavy atom. The summed E-state index contributed by atoms with van der Waals surface area (Å²) in [7, 11) is 0. The van der Waals surface area contributed by atoms with E-state index in [-0.39, 0.29) is 17.3 Å². The second-order valence-electron chi connectivity index (χ2n) is 3.77. The molecule has 3 N–H and O–H groups in total. The summed E-state index contributed by atoms with van der Waals surface area (Å²) in [5.74, 6) is 0.238. The smallest absolute Gasteiger partial charge is 0.387 e. The van der Waals surface area contributed by atoms with Gasteiger partial charge in [-0.1, -0.05) is 12.1 Å². The van der Waals surface area contributed by atoms with Crippen LogP contribution in [0.5, 0.6) is 5.75 Å². The number of anilines is 3. The number of nitrogens with two attached hydrogens (primary N) is 1. The first kappa shape index (κ1) is 13.5. The molecule has 0 fully saturated rings. The fourth-order valence-corrected chi connectivity index (χ4v) is 1.54. The van der Waals surface area contributed by atoms with Gasteiger partial charge in [0.15, 0.2) is 5.82 Å². The number of benzene rings is 1. The van der Waals surface area contributed by atoms with Gasteiger partial charge < -0.3 is 15.8 Å². The largest absolute Gasteiger partial charge is 0.433 e. The van der Waals surface area contributed by atoms with Gasteiger partial charge in [-0.25, -0.2) is 4.98 Å². The van der Waals surface area contributed by atoms with Gasteiger partial charge in [0.05, 0.1) is 16.9 Å². The van der Waals surface area contributed by atoms with Gasteiger partial charge in [-0.15, -0.1) is 0 Å². The summed E-state index contributed by atoms with van der Waals surface area (Å²) in [6.45, 7) is -2.93. The van der Waals surface area contributed by atoms with Crippen molar-refractivity contribution in [1.82, 2.24) is 4.98 Å². The zero-order chi connectivity index (χ0) is 14.5. The normalized spacial score (nSPS) is 10.1. The van der Waals surface area contributed by atoms with Crippen LogP contribution in [0.1, 0.15) is 5.56 Å². The van der Waals surface area contributed by atoms with Crippen LogP contribution in [-0.4, -0.2) is 11.6 Å². The van der Waals surface area contributed by atoms with Crippen LogP contribution in [0.3, 0.4) is 0 Å². The van der Waals surface area contributed by atoms with Crippen molar-refractivity contribution < 1.29 is 13.5 Å². The zero-order valence-corrected chi connectivity index (χ0v) is 10.2. The lowest BCUT2D eigenvalue weighted by molar-refractivity contribution is -0.0493. The van der Waals surface area contributed by atoms with E-state index in [0.29, 0.717) is 11.3 Å². The number of nitriles is 1. The molecule has 0 atom stereocenters. The summed E-state index contributed by atoms with van der Waals surface area (Å²) in [4.78, 5) is 3.96. The lowest BCUT2D eigenvalue weighted by atomic mass is 10.2. The van der Waals surface area contributed by atoms with Crippen LogP contribution >= 0.6 is 0 Å². The summed E-state index contributed by atoms with van der Waals surface area (Å²) in [5, 5.41) is 11.5. The molecule has 102 valence electrons. The second-order valence-corrected chi connectivity index (χ2v) is 3.77. The minimum Gasteiger partial charge on any atom is -0.433 e. The highest BCUT2D eigenvalue weighted by molar-refractivity contribution is 5.72. The highest BCUT2D eigenvalue weighted by Gasteiger charge is 2.11. The van der Waals surface area contributed by atoms with Crippen LogP contribution in [-0.2, 0) is 0 Å². The number of para-hydroxylation sites is 2. The van der Waals surface area contributed by atoms with Gasteiger partial charge in [-0.2, -0.15) is 14.0 Å². The zero-order valence-electron chi connectivity index (χ0n) is 10.2. The standard InChI is InChI=1S/C13H10F2N4O/c14-13(15)20-11-4-2-1-3-10(11)19-12-9(17)5-8(6-16)7-18-12/h1-5,7,13H,17H2,(H,18,19). The predicted molar refractivity (Wildman–Crippen MR) is 69.7 cm³/mol. The monoisotopic (exact) mass is 276 g/mol. The molecule has 0 aliphatic heterocycles. The highest BCUT2D eigenvalue weighted by Crippen LogP contribution is 2.30. The molecule has 0 aliphatic rings. The van der Waals surface area contributed by atoms with Crippen LogP contribution in [0, 0.1) is 11.3 Å². The van der Waals surface area contributed by atoms with Crippen molar-refractivity contribution in [2.45, 2.75) is 6.61 Å². The van der Waals surface area contributed by atoms with E-state index < -0.39 is 6.61 Å². The number of nitrogen functional groups attached to an aromatic ring is 1. The Balaban J connectivity index is 2.28. The maximum Gasteiger partial charge on any atom is 0.387 e. The Bertz CT molecular complexity index is 655. The van der Waals surface area contributed by atoms with E-state index in [1.807, 2.05) is 6.07 Å². The summed E-state index contributed by atoms with van der Waals surface area (Å²) >= 11 is 0. The Kier molecular flexibility index (Phi) is 3.96. The Labute approximate surface area is 113 Å². The lowest BCUT2D eigenvalue weighted by Crippen LogP contribution is -2.06. The molecule has 0 unspecified atom stereocenters. The maximum atomic E-state index is 12.3. The summed E-state index contributed by atoms with van der Waals surface area (Å²) in [6.07, 6.45) is 1.33. The molecule has 0 bridgehead atoms. The van der Waals surface area contributed by atoms with Gasteiger partial charge in [0.25, 0.3) is 0 Å². The Hall–Kier alpha value is -2.88. The number of pyridine rings is 1. The molecule has 0 radical (unpaired) electrons. The van der Waals surface area contributed by atoms with Crippen LogP contribution in [0.15, 0.2) is 36.5 Å². The molecule has 1 aromatic heterocycles. The number of alkyl halides is 2. The van der Waals surface area contributed by atoms with Crippen LogP contribution in [0.25, 0.3) is 0 Å². The van der Waals surface area contributed by atoms with Crippen LogP contribution < -0.4 is 15.8 Å². The molecular weight excluding hydrogens is 266 g/mol. The fraction of sp³-hybridized carbons (Fsp3) is 0.0769. The minimum absolute atomic E-state index is 0.0203. The SMILES string of the molecule is N#Cc1cnc(Nc2ccccc2OC(F)F)c(N)c1. The molecule has 5 nitrogen and oxygen atoms in total. The number of ether oxygens (including phenoxy) is 1. The number of rotatable bonds is 4. The lowest BCUT2D eigenvalue weighted by Gasteiger charge is -2.13. The highest BCUT2D eigenvalue weighted by atomic mass is 19.3. The number of nitrogens with one attached hydrogen (secondary N) is 1. The minimum atomic E-state index is -2.93. The topological polar surface area (TPSA) is 84.0 Å². The van der Waals surface area contributed by atoms with E-state index in [0.717, 1.165) is 0 Å². The number of halogens is 2. The van der Waals surface area contributed by atoms with Gasteiger partial charge in [0.1, 0.15) is 11.8 Å². The van der Waals surface area contributed by atoms with Gasteiger partial charge in [0.2, 0.25) is 0 Å². The molecule has 2 aromatic rings. The van der Waals surface area contributed by atoms with Crippen molar-refractivity contribution in [3.05, 3.63) is 42.1 Å². The number of aromatic nitrogens is 1. The number of hydrogen-bond donors (Lipinski definition) is 2. The van der Waals surface area contributed by atoms with E-state index in [2.05, 4.69) is 15.0 Å². The van der Waals surface area contributed by atoms with Crippen LogP contribution in [0.4, 0.5) is 26.0 Å². The van der Waals surface area contributed by atoms with Crippen molar-refractivity contribution in [2.24, 2.45) is 0 Å². The Morgan fingerprint density at radius 3 is 2.75 bits per heavy atom. The number of nitrogens with zero attached hydrogens (tertiary/aromatic N) is 2. The third-order valence-electron chi connectivity index (χ3n) is 2.40. The molecule has 2 rings (SSSR count). The second kappa shape index (κ2) is 5.84. The molecule has 0 saturated carbocycles. The van der Waals surface area contributed by atoms with Crippen molar-refractivity contribution in [3.63, 3.8) is 0 Å². The molecule has 0 saturated heterocycles. The third kappa shape index (κ3) is 3.11. The van der Waals surface area contributed by atoms with Gasteiger partial charge in [-0.05, 0) is 18.2 Å². The van der Waals surface area contributed by atoms with E-state index >= 15 is 0 Å². The fourth-order valence-electron chi connectivity index (χ4n) is 1.54. The molecule has 0 spiro atoms. The maximum absolute atomic E-state index is 12.3. The first-order valence-corrected chi connectivity index (χ1v) is 5.56. The van der Waals surface area contributed by atoms with Gasteiger partial charge in [0, 0.05) is 6.20 Å². The molecule has 0 aliphatic carbocycles. The quantitative estimate of drug-likeness (QED) is 0.897. The first-order valence-electron chi connectivity index (χ1n) is 5.56. The summed E-state index contributed by atoms with van der Waals surface area (Å²) in [5.41, 5.74) is 6.58. The molecule has 1 aromatic carbocycles. The van der Waals surface area contributed by atoms with Crippen molar-refractivity contribution in [2.75, 3.05) is 11.1 Å².